The minimum atomic E-state index is -0.565. The van der Waals surface area contributed by atoms with Gasteiger partial charge in [0.2, 0.25) is 0 Å². The number of carbonyl (C=O) groups excluding carboxylic acids is 3. The average Bonchev–Trinajstić information content (AvgIpc) is 3.38. The van der Waals surface area contributed by atoms with Gasteiger partial charge in [0.05, 0.1) is 18.1 Å². The molecule has 8 heteroatoms. The second kappa shape index (κ2) is 8.15. The molecular formula is C26H20N2O6. The highest BCUT2D eigenvalue weighted by molar-refractivity contribution is 6.19. The summed E-state index contributed by atoms with van der Waals surface area (Å²) in [7, 11) is 1.31. The molecule has 0 saturated carbocycles. The number of aryl methyl sites for hydroxylation is 1. The summed E-state index contributed by atoms with van der Waals surface area (Å²) in [6, 6.07) is 16.2. The Balaban J connectivity index is 1.74. The monoisotopic (exact) mass is 456 g/mol. The molecule has 2 heterocycles. The van der Waals surface area contributed by atoms with Crippen molar-refractivity contribution in [3.8, 4) is 5.75 Å². The van der Waals surface area contributed by atoms with Crippen LogP contribution in [0.15, 0.2) is 59.8 Å². The van der Waals surface area contributed by atoms with E-state index in [1.807, 2.05) is 31.2 Å². The second-order valence-electron chi connectivity index (χ2n) is 7.96. The molecule has 0 atom stereocenters. The van der Waals surface area contributed by atoms with Crippen LogP contribution in [0.5, 0.6) is 5.75 Å². The van der Waals surface area contributed by atoms with Gasteiger partial charge >= 0.3 is 12.1 Å². The van der Waals surface area contributed by atoms with E-state index in [1.165, 1.54) is 18.6 Å². The molecule has 1 aromatic heterocycles. The topological polar surface area (TPSA) is 96.2 Å². The van der Waals surface area contributed by atoms with Crippen LogP contribution >= 0.6 is 0 Å². The van der Waals surface area contributed by atoms with Gasteiger partial charge < -0.3 is 14.3 Å². The molecule has 0 spiro atoms. The summed E-state index contributed by atoms with van der Waals surface area (Å²) in [6.45, 7) is 3.28. The van der Waals surface area contributed by atoms with Gasteiger partial charge in [0.15, 0.2) is 5.78 Å². The van der Waals surface area contributed by atoms with E-state index in [1.54, 1.807) is 30.3 Å². The highest BCUT2D eigenvalue weighted by Crippen LogP contribution is 2.37. The Morgan fingerprint density at radius 2 is 1.76 bits per heavy atom. The van der Waals surface area contributed by atoms with Crippen molar-refractivity contribution < 1.29 is 28.7 Å². The Bertz CT molecular complexity index is 1550. The third-order valence-electron chi connectivity index (χ3n) is 5.84. The molecule has 0 unspecified atom stereocenters. The minimum absolute atomic E-state index is 0.111. The van der Waals surface area contributed by atoms with Crippen molar-refractivity contribution in [2.45, 2.75) is 13.8 Å². The van der Waals surface area contributed by atoms with E-state index in [9.17, 15) is 14.4 Å². The number of oxime groups is 1. The van der Waals surface area contributed by atoms with Crippen LogP contribution in [0.25, 0.3) is 21.8 Å². The molecule has 0 bridgehead atoms. The summed E-state index contributed by atoms with van der Waals surface area (Å²) in [5.41, 5.74) is 4.25. The number of ketones is 1. The largest absolute Gasteiger partial charge is 0.486 e. The molecule has 0 amide bonds. The fourth-order valence-electron chi connectivity index (χ4n) is 4.22. The maximum Gasteiger partial charge on any atom is 0.418 e. The molecule has 34 heavy (non-hydrogen) atoms. The molecule has 1 aliphatic rings. The predicted molar refractivity (Wildman–Crippen MR) is 126 cm³/mol. The number of methoxy groups -OCH3 is 1. The molecule has 0 aliphatic carbocycles. The SMILES string of the molecule is COC(=O)n1c2ccc(C(=O)c3ccccc3C)cc2c2cc3c(cc21)OC/C3=N\OC(C)=O. The van der Waals surface area contributed by atoms with Crippen molar-refractivity contribution in [3.63, 3.8) is 0 Å². The molecule has 0 fully saturated rings. The average molecular weight is 456 g/mol. The van der Waals surface area contributed by atoms with E-state index in [4.69, 9.17) is 14.3 Å². The number of rotatable bonds is 3. The van der Waals surface area contributed by atoms with Crippen molar-refractivity contribution in [1.82, 2.24) is 4.57 Å². The number of aromatic nitrogens is 1. The number of benzene rings is 3. The Hall–Kier alpha value is -4.46. The normalized spacial score (nSPS) is 13.7. The third-order valence-corrected chi connectivity index (χ3v) is 5.84. The lowest BCUT2D eigenvalue weighted by Crippen LogP contribution is -2.11. The van der Waals surface area contributed by atoms with Gasteiger partial charge in [-0.25, -0.2) is 14.2 Å². The van der Waals surface area contributed by atoms with E-state index in [0.717, 1.165) is 5.56 Å². The van der Waals surface area contributed by atoms with Gasteiger partial charge in [0, 0.05) is 40.5 Å². The number of carbonyl (C=O) groups is 3. The predicted octanol–water partition coefficient (Wildman–Crippen LogP) is 4.61. The fourth-order valence-corrected chi connectivity index (χ4v) is 4.22. The van der Waals surface area contributed by atoms with E-state index in [2.05, 4.69) is 5.16 Å². The van der Waals surface area contributed by atoms with Crippen LogP contribution < -0.4 is 4.74 Å². The molecule has 170 valence electrons. The Kier molecular flexibility index (Phi) is 5.13. The highest BCUT2D eigenvalue weighted by atomic mass is 16.7. The highest BCUT2D eigenvalue weighted by Gasteiger charge is 2.26. The van der Waals surface area contributed by atoms with Crippen molar-refractivity contribution in [2.75, 3.05) is 13.7 Å². The van der Waals surface area contributed by atoms with Gasteiger partial charge in [-0.1, -0.05) is 29.4 Å². The van der Waals surface area contributed by atoms with Crippen LogP contribution in [0.3, 0.4) is 0 Å². The van der Waals surface area contributed by atoms with Crippen LogP contribution in [0.2, 0.25) is 0 Å². The van der Waals surface area contributed by atoms with E-state index in [0.29, 0.717) is 50.0 Å². The summed E-state index contributed by atoms with van der Waals surface area (Å²) in [4.78, 5) is 41.9. The number of fused-ring (bicyclic) bond motifs is 4. The first-order chi connectivity index (χ1) is 16.4. The first-order valence-electron chi connectivity index (χ1n) is 10.6. The first-order valence-corrected chi connectivity index (χ1v) is 10.6. The van der Waals surface area contributed by atoms with E-state index in [-0.39, 0.29) is 12.4 Å². The Morgan fingerprint density at radius 3 is 2.50 bits per heavy atom. The van der Waals surface area contributed by atoms with Gasteiger partial charge in [-0.15, -0.1) is 0 Å². The van der Waals surface area contributed by atoms with Gasteiger partial charge in [-0.2, -0.15) is 0 Å². The Morgan fingerprint density at radius 1 is 1.00 bits per heavy atom. The molecule has 8 nitrogen and oxygen atoms in total. The van der Waals surface area contributed by atoms with Gasteiger partial charge in [0.25, 0.3) is 0 Å². The minimum Gasteiger partial charge on any atom is -0.486 e. The van der Waals surface area contributed by atoms with E-state index < -0.39 is 12.1 Å². The van der Waals surface area contributed by atoms with Crippen LogP contribution in [0, 0.1) is 6.92 Å². The molecule has 3 aromatic carbocycles. The zero-order chi connectivity index (χ0) is 24.0. The van der Waals surface area contributed by atoms with Gasteiger partial charge in [-0.05, 0) is 36.8 Å². The number of nitrogens with zero attached hydrogens (tertiary/aromatic N) is 2. The van der Waals surface area contributed by atoms with Crippen LogP contribution in [0.1, 0.15) is 34.0 Å². The molecule has 4 aromatic rings. The molecule has 0 saturated heterocycles. The van der Waals surface area contributed by atoms with Gasteiger partial charge in [-0.3, -0.25) is 4.79 Å². The number of ether oxygens (including phenoxy) is 2. The maximum atomic E-state index is 13.2. The molecule has 1 aliphatic heterocycles. The lowest BCUT2D eigenvalue weighted by molar-refractivity contribution is -0.140. The summed E-state index contributed by atoms with van der Waals surface area (Å²) >= 11 is 0. The molecule has 0 N–H and O–H groups in total. The lowest BCUT2D eigenvalue weighted by atomic mass is 9.97. The number of hydrogen-bond donors (Lipinski definition) is 0. The first kappa shape index (κ1) is 21.4. The van der Waals surface area contributed by atoms with Crippen molar-refractivity contribution in [3.05, 3.63) is 76.9 Å². The van der Waals surface area contributed by atoms with Crippen LogP contribution in [0.4, 0.5) is 4.79 Å². The van der Waals surface area contributed by atoms with E-state index >= 15 is 0 Å². The van der Waals surface area contributed by atoms with Crippen LogP contribution in [-0.2, 0) is 14.4 Å². The lowest BCUT2D eigenvalue weighted by Gasteiger charge is -2.06. The summed E-state index contributed by atoms with van der Waals surface area (Å²) < 4.78 is 12.2. The Labute approximate surface area is 194 Å². The number of hydrogen-bond acceptors (Lipinski definition) is 7. The fraction of sp³-hybridized carbons (Fsp3) is 0.154. The van der Waals surface area contributed by atoms with Crippen molar-refractivity contribution >= 4 is 45.4 Å². The molecule has 5 rings (SSSR count). The van der Waals surface area contributed by atoms with Crippen molar-refractivity contribution in [1.29, 1.82) is 0 Å². The second-order valence-corrected chi connectivity index (χ2v) is 7.96. The molecule has 0 radical (unpaired) electrons. The summed E-state index contributed by atoms with van der Waals surface area (Å²) in [6.07, 6.45) is -0.565. The smallest absolute Gasteiger partial charge is 0.418 e. The van der Waals surface area contributed by atoms with Gasteiger partial charge in [0.1, 0.15) is 18.1 Å². The van der Waals surface area contributed by atoms with Crippen LogP contribution in [-0.4, -0.2) is 41.8 Å². The zero-order valence-corrected chi connectivity index (χ0v) is 18.7. The maximum absolute atomic E-state index is 13.2. The quantitative estimate of drug-likeness (QED) is 0.254. The third kappa shape index (κ3) is 3.40. The van der Waals surface area contributed by atoms with Crippen molar-refractivity contribution in [2.24, 2.45) is 5.16 Å². The summed E-state index contributed by atoms with van der Waals surface area (Å²) in [5, 5.41) is 5.30. The standard InChI is InChI=1S/C26H20N2O6/c1-14-6-4-5-7-17(14)25(30)16-8-9-22-18(10-16)19-11-20-21(27-34-15(2)29)13-33-24(20)12-23(19)28(22)26(31)32-3/h4-12H,13H2,1-3H3/b27-21+. The summed E-state index contributed by atoms with van der Waals surface area (Å²) in [5.74, 6) is -0.146. The molecular weight excluding hydrogens is 436 g/mol. The zero-order valence-electron chi connectivity index (χ0n) is 18.7.